The molecule has 0 spiro atoms. The summed E-state index contributed by atoms with van der Waals surface area (Å²) in [5.74, 6) is -0.0881. The zero-order valence-corrected chi connectivity index (χ0v) is 11.6. The fraction of sp³-hybridized carbons (Fsp3) is 0.500. The van der Waals surface area contributed by atoms with Crippen molar-refractivity contribution in [1.82, 2.24) is 5.32 Å². The van der Waals surface area contributed by atoms with Crippen LogP contribution in [0.5, 0.6) is 5.75 Å². The maximum atomic E-state index is 12.0. The first-order valence-electron chi connectivity index (χ1n) is 6.61. The Balaban J connectivity index is 2.21. The number of benzene rings is 1. The van der Waals surface area contributed by atoms with Gasteiger partial charge in [-0.05, 0) is 24.1 Å². The molecule has 1 aromatic rings. The molecule has 118 valence electrons. The van der Waals surface area contributed by atoms with Gasteiger partial charge in [-0.1, -0.05) is 12.1 Å². The van der Waals surface area contributed by atoms with Gasteiger partial charge >= 0.3 is 6.61 Å². The Labute approximate surface area is 121 Å². The molecule has 0 fully saturated rings. The molecular weight excluding hydrogens is 284 g/mol. The van der Waals surface area contributed by atoms with Crippen LogP contribution in [0.3, 0.4) is 0 Å². The number of ether oxygens (including phenoxy) is 2. The van der Waals surface area contributed by atoms with E-state index in [0.717, 1.165) is 0 Å². The van der Waals surface area contributed by atoms with Gasteiger partial charge in [0.1, 0.15) is 5.75 Å². The lowest BCUT2D eigenvalue weighted by molar-refractivity contribution is -0.120. The van der Waals surface area contributed by atoms with E-state index in [2.05, 4.69) is 10.1 Å². The van der Waals surface area contributed by atoms with E-state index in [-0.39, 0.29) is 24.7 Å². The smallest absolute Gasteiger partial charge is 0.387 e. The molecule has 5 nitrogen and oxygen atoms in total. The quantitative estimate of drug-likeness (QED) is 0.640. The summed E-state index contributed by atoms with van der Waals surface area (Å²) >= 11 is 0. The molecule has 0 aliphatic heterocycles. The number of hydrogen-bond donors (Lipinski definition) is 2. The van der Waals surface area contributed by atoms with Crippen molar-refractivity contribution in [1.29, 1.82) is 0 Å². The third-order valence-corrected chi connectivity index (χ3v) is 2.54. The molecule has 0 saturated heterocycles. The van der Waals surface area contributed by atoms with E-state index in [4.69, 9.17) is 9.84 Å². The van der Waals surface area contributed by atoms with Gasteiger partial charge < -0.3 is 19.9 Å². The van der Waals surface area contributed by atoms with E-state index in [1.165, 1.54) is 12.1 Å². The van der Waals surface area contributed by atoms with Gasteiger partial charge in [0.15, 0.2) is 0 Å². The molecule has 0 saturated carbocycles. The molecule has 21 heavy (non-hydrogen) atoms. The minimum Gasteiger partial charge on any atom is -0.435 e. The predicted octanol–water partition coefficient (Wildman–Crippen LogP) is 1.35. The highest BCUT2D eigenvalue weighted by Gasteiger charge is 2.06. The fourth-order valence-electron chi connectivity index (χ4n) is 1.61. The maximum absolute atomic E-state index is 12.0. The highest BCUT2D eigenvalue weighted by atomic mass is 19.3. The zero-order valence-electron chi connectivity index (χ0n) is 11.6. The first-order valence-corrected chi connectivity index (χ1v) is 6.61. The van der Waals surface area contributed by atoms with E-state index in [1.54, 1.807) is 12.1 Å². The summed E-state index contributed by atoms with van der Waals surface area (Å²) in [6.45, 7) is -1.62. The number of nitrogens with one attached hydrogen (secondary N) is 1. The van der Waals surface area contributed by atoms with Crippen LogP contribution in [-0.2, 0) is 16.0 Å². The molecule has 0 aliphatic carbocycles. The standard InChI is InChI=1S/C14H19F2NO4/c15-14(16)21-12-4-2-11(3-5-12)10-13(19)17-6-1-8-20-9-7-18/h2-5,14,18H,1,6-10H2,(H,17,19). The van der Waals surface area contributed by atoms with Crippen molar-refractivity contribution in [2.75, 3.05) is 26.4 Å². The first kappa shape index (κ1) is 17.3. The van der Waals surface area contributed by atoms with Gasteiger partial charge in [0.25, 0.3) is 0 Å². The first-order chi connectivity index (χ1) is 10.1. The van der Waals surface area contributed by atoms with Crippen molar-refractivity contribution in [3.63, 3.8) is 0 Å². The van der Waals surface area contributed by atoms with Crippen LogP contribution < -0.4 is 10.1 Å². The van der Waals surface area contributed by atoms with Crippen molar-refractivity contribution in [2.24, 2.45) is 0 Å². The lowest BCUT2D eigenvalue weighted by Gasteiger charge is -2.07. The molecule has 0 radical (unpaired) electrons. The van der Waals surface area contributed by atoms with Crippen LogP contribution in [0, 0.1) is 0 Å². The Morgan fingerprint density at radius 1 is 1.24 bits per heavy atom. The average molecular weight is 303 g/mol. The second kappa shape index (κ2) is 10.1. The van der Waals surface area contributed by atoms with Crippen LogP contribution in [0.4, 0.5) is 8.78 Å². The van der Waals surface area contributed by atoms with Gasteiger partial charge in [0.2, 0.25) is 5.91 Å². The minimum absolute atomic E-state index is 0.0162. The van der Waals surface area contributed by atoms with Crippen LogP contribution in [0.2, 0.25) is 0 Å². The number of aliphatic hydroxyl groups excluding tert-OH is 1. The predicted molar refractivity (Wildman–Crippen MR) is 72.3 cm³/mol. The largest absolute Gasteiger partial charge is 0.435 e. The molecule has 0 heterocycles. The lowest BCUT2D eigenvalue weighted by Crippen LogP contribution is -2.26. The number of aliphatic hydroxyl groups is 1. The summed E-state index contributed by atoms with van der Waals surface area (Å²) in [6, 6.07) is 5.94. The number of carbonyl (C=O) groups excluding carboxylic acids is 1. The van der Waals surface area contributed by atoms with Crippen molar-refractivity contribution >= 4 is 5.91 Å². The van der Waals surface area contributed by atoms with Crippen LogP contribution in [0.25, 0.3) is 0 Å². The Bertz CT molecular complexity index is 412. The van der Waals surface area contributed by atoms with Gasteiger partial charge in [0, 0.05) is 13.2 Å². The number of hydrogen-bond acceptors (Lipinski definition) is 4. The molecule has 1 aromatic carbocycles. The Hall–Kier alpha value is -1.73. The van der Waals surface area contributed by atoms with E-state index in [0.29, 0.717) is 31.7 Å². The van der Waals surface area contributed by atoms with Gasteiger partial charge in [-0.25, -0.2) is 0 Å². The second-order valence-electron chi connectivity index (χ2n) is 4.24. The molecule has 0 atom stereocenters. The molecule has 1 amide bonds. The minimum atomic E-state index is -2.85. The molecule has 0 bridgehead atoms. The van der Waals surface area contributed by atoms with Crippen LogP contribution in [0.15, 0.2) is 24.3 Å². The summed E-state index contributed by atoms with van der Waals surface area (Å²) in [7, 11) is 0. The van der Waals surface area contributed by atoms with E-state index < -0.39 is 6.61 Å². The zero-order chi connectivity index (χ0) is 15.5. The molecule has 7 heteroatoms. The van der Waals surface area contributed by atoms with Crippen molar-refractivity contribution in [2.45, 2.75) is 19.5 Å². The topological polar surface area (TPSA) is 67.8 Å². The van der Waals surface area contributed by atoms with E-state index in [9.17, 15) is 13.6 Å². The highest BCUT2D eigenvalue weighted by molar-refractivity contribution is 5.78. The van der Waals surface area contributed by atoms with Crippen LogP contribution >= 0.6 is 0 Å². The third-order valence-electron chi connectivity index (χ3n) is 2.54. The summed E-state index contributed by atoms with van der Waals surface area (Å²) < 4.78 is 33.2. The normalized spacial score (nSPS) is 10.7. The number of amides is 1. The van der Waals surface area contributed by atoms with E-state index in [1.807, 2.05) is 0 Å². The number of rotatable bonds is 10. The van der Waals surface area contributed by atoms with Gasteiger partial charge in [-0.15, -0.1) is 0 Å². The molecule has 1 rings (SSSR count). The van der Waals surface area contributed by atoms with Crippen molar-refractivity contribution < 1.29 is 28.2 Å². The van der Waals surface area contributed by atoms with Crippen molar-refractivity contribution in [3.05, 3.63) is 29.8 Å². The number of carbonyl (C=O) groups is 1. The van der Waals surface area contributed by atoms with Gasteiger partial charge in [-0.2, -0.15) is 8.78 Å². The second-order valence-corrected chi connectivity index (χ2v) is 4.24. The molecule has 0 aliphatic rings. The summed E-state index contributed by atoms with van der Waals surface area (Å²) in [4.78, 5) is 11.6. The maximum Gasteiger partial charge on any atom is 0.387 e. The third kappa shape index (κ3) is 8.21. The Morgan fingerprint density at radius 3 is 2.57 bits per heavy atom. The van der Waals surface area contributed by atoms with Gasteiger partial charge in [-0.3, -0.25) is 4.79 Å². The summed E-state index contributed by atoms with van der Waals surface area (Å²) in [5.41, 5.74) is 0.714. The number of alkyl halides is 2. The monoisotopic (exact) mass is 303 g/mol. The summed E-state index contributed by atoms with van der Waals surface area (Å²) in [6.07, 6.45) is 0.833. The fourth-order valence-corrected chi connectivity index (χ4v) is 1.61. The molecule has 2 N–H and O–H groups in total. The Morgan fingerprint density at radius 2 is 1.95 bits per heavy atom. The Kier molecular flexibility index (Phi) is 8.30. The number of halogens is 2. The van der Waals surface area contributed by atoms with Crippen LogP contribution in [-0.4, -0.2) is 44.0 Å². The molecular formula is C14H19F2NO4. The van der Waals surface area contributed by atoms with Gasteiger partial charge in [0.05, 0.1) is 19.6 Å². The summed E-state index contributed by atoms with van der Waals surface area (Å²) in [5, 5.41) is 11.2. The molecule has 0 unspecified atom stereocenters. The van der Waals surface area contributed by atoms with Crippen LogP contribution in [0.1, 0.15) is 12.0 Å². The average Bonchev–Trinajstić information content (AvgIpc) is 2.44. The SMILES string of the molecule is O=C(Cc1ccc(OC(F)F)cc1)NCCCOCCO. The van der Waals surface area contributed by atoms with E-state index >= 15 is 0 Å². The highest BCUT2D eigenvalue weighted by Crippen LogP contribution is 2.15. The molecule has 0 aromatic heterocycles. The van der Waals surface area contributed by atoms with Crippen molar-refractivity contribution in [3.8, 4) is 5.75 Å². The lowest BCUT2D eigenvalue weighted by atomic mass is 10.1.